The van der Waals surface area contributed by atoms with Gasteiger partial charge in [-0.15, -0.1) is 0 Å². The van der Waals surface area contributed by atoms with Crippen LogP contribution in [-0.2, 0) is 16.7 Å². The molecule has 7 heteroatoms. The standard InChI is InChI=1S/C22H19FN4O2/c1-22(15-4-3-5-20(15)29-21(24)27-22)16-10-13(6-8-17(16)23)11-19(28)18-9-7-14(25-2)12-26-18/h6-10,12H,3-5,11H2,1H3,(H2,24,27)/t22-/m0/s1. The van der Waals surface area contributed by atoms with E-state index in [2.05, 4.69) is 14.8 Å². The number of aliphatic imine (C=N–C) groups is 1. The van der Waals surface area contributed by atoms with Crippen molar-refractivity contribution in [2.24, 2.45) is 10.7 Å². The van der Waals surface area contributed by atoms with Crippen molar-refractivity contribution in [1.82, 2.24) is 4.98 Å². The zero-order valence-corrected chi connectivity index (χ0v) is 15.9. The average molecular weight is 390 g/mol. The number of ketones is 1. The van der Waals surface area contributed by atoms with Gasteiger partial charge in [0.25, 0.3) is 6.02 Å². The van der Waals surface area contributed by atoms with E-state index in [1.807, 2.05) is 6.92 Å². The van der Waals surface area contributed by atoms with Crippen LogP contribution in [0.15, 0.2) is 52.9 Å². The number of pyridine rings is 1. The fourth-order valence-corrected chi connectivity index (χ4v) is 3.95. The molecule has 0 saturated heterocycles. The van der Waals surface area contributed by atoms with Gasteiger partial charge in [0.15, 0.2) is 5.78 Å². The Hall–Kier alpha value is -3.53. The van der Waals surface area contributed by atoms with Crippen molar-refractivity contribution in [1.29, 1.82) is 0 Å². The first-order chi connectivity index (χ1) is 13.9. The van der Waals surface area contributed by atoms with Gasteiger partial charge in [-0.2, -0.15) is 0 Å². The van der Waals surface area contributed by atoms with E-state index in [4.69, 9.17) is 17.0 Å². The fourth-order valence-electron chi connectivity index (χ4n) is 3.95. The Kier molecular flexibility index (Phi) is 4.63. The first kappa shape index (κ1) is 18.8. The maximum Gasteiger partial charge on any atom is 0.288 e. The maximum absolute atomic E-state index is 14.8. The number of Topliss-reactive ketones (excluding diaryl/α,β-unsaturated/α-hetero) is 1. The van der Waals surface area contributed by atoms with Gasteiger partial charge < -0.3 is 10.5 Å². The van der Waals surface area contributed by atoms with Crippen molar-refractivity contribution in [2.75, 3.05) is 0 Å². The number of ether oxygens (including phenoxy) is 1. The number of benzene rings is 1. The minimum atomic E-state index is -0.952. The minimum absolute atomic E-state index is 0.0260. The van der Waals surface area contributed by atoms with Crippen molar-refractivity contribution in [3.63, 3.8) is 0 Å². The van der Waals surface area contributed by atoms with Crippen LogP contribution in [0.1, 0.15) is 47.8 Å². The summed E-state index contributed by atoms with van der Waals surface area (Å²) in [5.41, 5.74) is 7.51. The molecule has 146 valence electrons. The normalized spacial score (nSPS) is 20.5. The molecule has 1 aromatic carbocycles. The van der Waals surface area contributed by atoms with Gasteiger partial charge in [-0.3, -0.25) is 9.78 Å². The molecule has 29 heavy (non-hydrogen) atoms. The Morgan fingerprint density at radius 3 is 2.90 bits per heavy atom. The van der Waals surface area contributed by atoms with E-state index in [9.17, 15) is 9.18 Å². The molecule has 0 bridgehead atoms. The number of rotatable bonds is 4. The van der Waals surface area contributed by atoms with Crippen LogP contribution in [0, 0.1) is 12.4 Å². The second-order valence-corrected chi connectivity index (χ2v) is 7.31. The third-order valence-electron chi connectivity index (χ3n) is 5.40. The smallest absolute Gasteiger partial charge is 0.288 e. The van der Waals surface area contributed by atoms with Gasteiger partial charge in [0, 0.05) is 30.2 Å². The van der Waals surface area contributed by atoms with Gasteiger partial charge in [-0.25, -0.2) is 14.2 Å². The molecule has 1 aliphatic heterocycles. The summed E-state index contributed by atoms with van der Waals surface area (Å²) in [7, 11) is 0. The number of carbonyl (C=O) groups is 1. The largest absolute Gasteiger partial charge is 0.431 e. The summed E-state index contributed by atoms with van der Waals surface area (Å²) in [5, 5.41) is 0. The number of nitrogens with zero attached hydrogens (tertiary/aromatic N) is 3. The molecule has 0 fully saturated rings. The number of hydrogen-bond donors (Lipinski definition) is 1. The lowest BCUT2D eigenvalue weighted by Crippen LogP contribution is -2.33. The van der Waals surface area contributed by atoms with Crippen molar-refractivity contribution in [2.45, 2.75) is 38.1 Å². The molecule has 0 spiro atoms. The molecule has 1 atom stereocenters. The van der Waals surface area contributed by atoms with Crippen LogP contribution >= 0.6 is 0 Å². The maximum atomic E-state index is 14.8. The van der Waals surface area contributed by atoms with E-state index in [1.54, 1.807) is 18.2 Å². The van der Waals surface area contributed by atoms with Gasteiger partial charge in [-0.1, -0.05) is 12.1 Å². The number of hydrogen-bond acceptors (Lipinski definition) is 5. The van der Waals surface area contributed by atoms with Gasteiger partial charge in [0.05, 0.1) is 6.57 Å². The Labute approximate surface area is 167 Å². The van der Waals surface area contributed by atoms with Crippen LogP contribution in [0.3, 0.4) is 0 Å². The van der Waals surface area contributed by atoms with Crippen LogP contribution < -0.4 is 5.73 Å². The molecule has 2 aromatic rings. The molecule has 4 rings (SSSR count). The lowest BCUT2D eigenvalue weighted by molar-refractivity contribution is 0.0988. The number of allylic oxidation sites excluding steroid dienone is 1. The van der Waals surface area contributed by atoms with Crippen molar-refractivity contribution in [3.8, 4) is 0 Å². The molecule has 6 nitrogen and oxygen atoms in total. The number of nitrogens with two attached hydrogens (primary N) is 1. The summed E-state index contributed by atoms with van der Waals surface area (Å²) >= 11 is 0. The summed E-state index contributed by atoms with van der Waals surface area (Å²) in [6.45, 7) is 8.79. The van der Waals surface area contributed by atoms with Crippen LogP contribution in [0.4, 0.5) is 10.1 Å². The Morgan fingerprint density at radius 2 is 2.17 bits per heavy atom. The zero-order valence-electron chi connectivity index (χ0n) is 15.9. The third kappa shape index (κ3) is 3.38. The highest BCUT2D eigenvalue weighted by Gasteiger charge is 2.41. The predicted molar refractivity (Wildman–Crippen MR) is 106 cm³/mol. The highest BCUT2D eigenvalue weighted by atomic mass is 19.1. The molecule has 2 N–H and O–H groups in total. The number of amidine groups is 1. The van der Waals surface area contributed by atoms with Crippen LogP contribution in [0.25, 0.3) is 4.85 Å². The molecule has 0 saturated carbocycles. The molecule has 2 aliphatic rings. The fraction of sp³-hybridized carbons (Fsp3) is 0.273. The Bertz CT molecular complexity index is 1100. The molecule has 2 heterocycles. The first-order valence-corrected chi connectivity index (χ1v) is 9.32. The highest BCUT2D eigenvalue weighted by Crippen LogP contribution is 2.46. The summed E-state index contributed by atoms with van der Waals surface area (Å²) in [4.78, 5) is 24.3. The van der Waals surface area contributed by atoms with Gasteiger partial charge in [0.2, 0.25) is 5.69 Å². The molecule has 0 unspecified atom stereocenters. The second kappa shape index (κ2) is 7.13. The van der Waals surface area contributed by atoms with E-state index in [-0.39, 0.29) is 23.9 Å². The summed E-state index contributed by atoms with van der Waals surface area (Å²) in [5.74, 6) is 0.158. The monoisotopic (exact) mass is 390 g/mol. The summed E-state index contributed by atoms with van der Waals surface area (Å²) in [6, 6.07) is 7.72. The molecule has 1 aliphatic carbocycles. The lowest BCUT2D eigenvalue weighted by atomic mass is 9.82. The second-order valence-electron chi connectivity index (χ2n) is 7.31. The lowest BCUT2D eigenvalue weighted by Gasteiger charge is -2.32. The third-order valence-corrected chi connectivity index (χ3v) is 5.40. The number of halogens is 1. The molecule has 0 radical (unpaired) electrons. The zero-order chi connectivity index (χ0) is 20.6. The van der Waals surface area contributed by atoms with Gasteiger partial charge in [0.1, 0.15) is 22.8 Å². The molecule has 1 aromatic heterocycles. The van der Waals surface area contributed by atoms with Crippen molar-refractivity contribution in [3.05, 3.63) is 81.9 Å². The van der Waals surface area contributed by atoms with Crippen LogP contribution in [0.2, 0.25) is 0 Å². The summed E-state index contributed by atoms with van der Waals surface area (Å²) < 4.78 is 20.4. The first-order valence-electron chi connectivity index (χ1n) is 9.32. The van der Waals surface area contributed by atoms with E-state index in [0.717, 1.165) is 30.6 Å². The summed E-state index contributed by atoms with van der Waals surface area (Å²) in [6.07, 6.45) is 3.87. The van der Waals surface area contributed by atoms with Crippen LogP contribution in [0.5, 0.6) is 0 Å². The predicted octanol–water partition coefficient (Wildman–Crippen LogP) is 4.19. The molecular weight excluding hydrogens is 371 g/mol. The van der Waals surface area contributed by atoms with Crippen LogP contribution in [-0.4, -0.2) is 16.8 Å². The minimum Gasteiger partial charge on any atom is -0.431 e. The SMILES string of the molecule is [C-]#[N+]c1ccc(C(=O)Cc2ccc(F)c([C@@]3(C)N=C(N)OC4=C3CCC4)c2)nc1. The van der Waals surface area contributed by atoms with Gasteiger partial charge >= 0.3 is 0 Å². The van der Waals surface area contributed by atoms with Crippen molar-refractivity contribution >= 4 is 17.5 Å². The van der Waals surface area contributed by atoms with E-state index in [1.165, 1.54) is 18.3 Å². The molecular formula is C22H19FN4O2. The quantitative estimate of drug-likeness (QED) is 0.627. The van der Waals surface area contributed by atoms with E-state index in [0.29, 0.717) is 16.8 Å². The Balaban J connectivity index is 1.67. The number of aromatic nitrogens is 1. The molecule has 0 amide bonds. The highest BCUT2D eigenvalue weighted by molar-refractivity contribution is 5.96. The van der Waals surface area contributed by atoms with E-state index < -0.39 is 11.4 Å². The van der Waals surface area contributed by atoms with Crippen molar-refractivity contribution < 1.29 is 13.9 Å². The topological polar surface area (TPSA) is 81.9 Å². The van der Waals surface area contributed by atoms with E-state index >= 15 is 0 Å². The number of carbonyl (C=O) groups excluding carboxylic acids is 1. The Morgan fingerprint density at radius 1 is 1.34 bits per heavy atom. The van der Waals surface area contributed by atoms with Gasteiger partial charge in [-0.05, 0) is 43.5 Å². The average Bonchev–Trinajstić information content (AvgIpc) is 3.18.